The monoisotopic (exact) mass is 166 g/mol. The molecule has 0 heterocycles. The van der Waals surface area contributed by atoms with Crippen LogP contribution >= 0.6 is 11.8 Å². The van der Waals surface area contributed by atoms with Crippen LogP contribution in [-0.4, -0.2) is 5.11 Å². The average Bonchev–Trinajstić information content (AvgIpc) is 1.99. The summed E-state index contributed by atoms with van der Waals surface area (Å²) in [7, 11) is 0. The zero-order valence-electron chi connectivity index (χ0n) is 6.37. The number of thioether (sulfide) groups is 1. The maximum Gasteiger partial charge on any atom is 0.119 e. The number of hydrogen-bond acceptors (Lipinski definition) is 2. The Bertz CT molecular complexity index is 268. The largest absolute Gasteiger partial charge is 0.508 e. The van der Waals surface area contributed by atoms with Crippen LogP contribution in [0.2, 0.25) is 0 Å². The van der Waals surface area contributed by atoms with E-state index in [-0.39, 0.29) is 0 Å². The van der Waals surface area contributed by atoms with Crippen molar-refractivity contribution < 1.29 is 5.11 Å². The van der Waals surface area contributed by atoms with Gasteiger partial charge in [-0.2, -0.15) is 0 Å². The fourth-order valence-corrected chi connectivity index (χ4v) is 1.44. The molecule has 0 aliphatic carbocycles. The van der Waals surface area contributed by atoms with Crippen LogP contribution in [0.4, 0.5) is 0 Å². The third-order valence-electron chi connectivity index (χ3n) is 1.47. The first-order chi connectivity index (χ1) is 5.25. The lowest BCUT2D eigenvalue weighted by Crippen LogP contribution is -1.77. The lowest BCUT2D eigenvalue weighted by Gasteiger charge is -2.02. The average molecular weight is 166 g/mol. The van der Waals surface area contributed by atoms with E-state index in [1.54, 1.807) is 11.5 Å². The van der Waals surface area contributed by atoms with Gasteiger partial charge in [0.1, 0.15) is 5.75 Å². The molecule has 0 aliphatic rings. The van der Waals surface area contributed by atoms with E-state index >= 15 is 0 Å². The molecule has 1 N–H and O–H groups in total. The lowest BCUT2D eigenvalue weighted by molar-refractivity contribution is 0.469. The van der Waals surface area contributed by atoms with Crippen molar-refractivity contribution in [1.82, 2.24) is 0 Å². The summed E-state index contributed by atoms with van der Waals surface area (Å²) in [6.07, 6.45) is 0. The number of phenolic OH excluding ortho intramolecular Hbond substituents is 1. The third-order valence-corrected chi connectivity index (χ3v) is 2.33. The summed E-state index contributed by atoms with van der Waals surface area (Å²) in [4.78, 5) is 1.06. The Morgan fingerprint density at radius 3 is 2.91 bits per heavy atom. The molecule has 1 nitrogen and oxygen atoms in total. The molecular formula is C9H10OS. The van der Waals surface area contributed by atoms with E-state index in [0.717, 1.165) is 10.5 Å². The molecule has 0 saturated carbocycles. The molecule has 0 fully saturated rings. The molecule has 0 saturated heterocycles. The van der Waals surface area contributed by atoms with E-state index in [2.05, 4.69) is 6.58 Å². The van der Waals surface area contributed by atoms with Crippen LogP contribution in [0.15, 0.2) is 35.1 Å². The first-order valence-electron chi connectivity index (χ1n) is 3.32. The van der Waals surface area contributed by atoms with Gasteiger partial charge in [-0.1, -0.05) is 24.4 Å². The number of phenols is 1. The van der Waals surface area contributed by atoms with E-state index in [0.29, 0.717) is 5.75 Å². The quantitative estimate of drug-likeness (QED) is 0.682. The molecule has 0 aliphatic heterocycles. The predicted octanol–water partition coefficient (Wildman–Crippen LogP) is 2.94. The van der Waals surface area contributed by atoms with Crippen LogP contribution in [0.5, 0.6) is 5.75 Å². The van der Waals surface area contributed by atoms with E-state index < -0.39 is 0 Å². The van der Waals surface area contributed by atoms with Crippen molar-refractivity contribution >= 4 is 11.8 Å². The normalized spacial score (nSPS) is 9.55. The molecule has 11 heavy (non-hydrogen) atoms. The zero-order chi connectivity index (χ0) is 8.27. The third kappa shape index (κ3) is 1.77. The SMILES string of the molecule is C=CSc1cccc(O)c1C. The van der Waals surface area contributed by atoms with Crippen molar-refractivity contribution in [3.8, 4) is 5.75 Å². The molecule has 58 valence electrons. The van der Waals surface area contributed by atoms with Gasteiger partial charge in [-0.25, -0.2) is 0 Å². The van der Waals surface area contributed by atoms with Gasteiger partial charge in [-0.05, 0) is 24.5 Å². The van der Waals surface area contributed by atoms with Gasteiger partial charge in [-0.3, -0.25) is 0 Å². The summed E-state index contributed by atoms with van der Waals surface area (Å²) < 4.78 is 0. The molecule has 0 aromatic heterocycles. The number of aromatic hydroxyl groups is 1. The van der Waals surface area contributed by atoms with Crippen LogP contribution in [0, 0.1) is 6.92 Å². The summed E-state index contributed by atoms with van der Waals surface area (Å²) in [5, 5.41) is 11.0. The second-order valence-electron chi connectivity index (χ2n) is 2.18. The molecule has 0 amide bonds. The van der Waals surface area contributed by atoms with Crippen LogP contribution < -0.4 is 0 Å². The van der Waals surface area contributed by atoms with Gasteiger partial charge in [0.25, 0.3) is 0 Å². The smallest absolute Gasteiger partial charge is 0.119 e. The summed E-state index contributed by atoms with van der Waals surface area (Å²) in [6, 6.07) is 5.47. The minimum Gasteiger partial charge on any atom is -0.508 e. The molecular weight excluding hydrogens is 156 g/mol. The molecule has 1 aromatic carbocycles. The summed E-state index contributed by atoms with van der Waals surface area (Å²) in [5.41, 5.74) is 0.914. The van der Waals surface area contributed by atoms with E-state index in [1.807, 2.05) is 19.1 Å². The van der Waals surface area contributed by atoms with Crippen molar-refractivity contribution in [3.05, 3.63) is 35.7 Å². The van der Waals surface area contributed by atoms with Crippen LogP contribution in [-0.2, 0) is 0 Å². The highest BCUT2D eigenvalue weighted by molar-refractivity contribution is 8.02. The molecule has 0 atom stereocenters. The van der Waals surface area contributed by atoms with Crippen molar-refractivity contribution in [2.45, 2.75) is 11.8 Å². The summed E-state index contributed by atoms with van der Waals surface area (Å²) >= 11 is 1.52. The molecule has 2 heteroatoms. The Labute approximate surface area is 70.8 Å². The van der Waals surface area contributed by atoms with Gasteiger partial charge in [-0.15, -0.1) is 0 Å². The van der Waals surface area contributed by atoms with E-state index in [9.17, 15) is 5.11 Å². The summed E-state index contributed by atoms with van der Waals surface area (Å²) in [6.45, 7) is 5.50. The van der Waals surface area contributed by atoms with Gasteiger partial charge in [0.05, 0.1) is 0 Å². The van der Waals surface area contributed by atoms with Gasteiger partial charge in [0.15, 0.2) is 0 Å². The fourth-order valence-electron chi connectivity index (χ4n) is 0.820. The molecule has 0 spiro atoms. The van der Waals surface area contributed by atoms with Crippen LogP contribution in [0.25, 0.3) is 0 Å². The van der Waals surface area contributed by atoms with Crippen molar-refractivity contribution in [2.75, 3.05) is 0 Å². The van der Waals surface area contributed by atoms with Gasteiger partial charge >= 0.3 is 0 Å². The number of rotatable bonds is 2. The second kappa shape index (κ2) is 3.49. The van der Waals surface area contributed by atoms with Gasteiger partial charge < -0.3 is 5.11 Å². The van der Waals surface area contributed by atoms with Gasteiger partial charge in [0.2, 0.25) is 0 Å². The predicted molar refractivity (Wildman–Crippen MR) is 48.9 cm³/mol. The highest BCUT2D eigenvalue weighted by atomic mass is 32.2. The Morgan fingerprint density at radius 2 is 2.27 bits per heavy atom. The summed E-state index contributed by atoms with van der Waals surface area (Å²) in [5.74, 6) is 0.344. The fraction of sp³-hybridized carbons (Fsp3) is 0.111. The Hall–Kier alpha value is -0.890. The van der Waals surface area contributed by atoms with Crippen molar-refractivity contribution in [2.24, 2.45) is 0 Å². The Kier molecular flexibility index (Phi) is 2.60. The Morgan fingerprint density at radius 1 is 1.55 bits per heavy atom. The van der Waals surface area contributed by atoms with Crippen LogP contribution in [0.3, 0.4) is 0 Å². The first-order valence-corrected chi connectivity index (χ1v) is 4.20. The minimum atomic E-state index is 0.344. The van der Waals surface area contributed by atoms with Crippen LogP contribution in [0.1, 0.15) is 5.56 Å². The van der Waals surface area contributed by atoms with Crippen molar-refractivity contribution in [1.29, 1.82) is 0 Å². The van der Waals surface area contributed by atoms with E-state index in [1.165, 1.54) is 11.8 Å². The number of hydrogen-bond donors (Lipinski definition) is 1. The van der Waals surface area contributed by atoms with Crippen molar-refractivity contribution in [3.63, 3.8) is 0 Å². The molecule has 1 rings (SSSR count). The highest BCUT2D eigenvalue weighted by Gasteiger charge is 1.99. The molecule has 0 unspecified atom stereocenters. The van der Waals surface area contributed by atoms with E-state index in [4.69, 9.17) is 0 Å². The standard InChI is InChI=1S/C9H10OS/c1-3-11-9-6-4-5-8(10)7(9)2/h3-6,10H,1H2,2H3. The molecule has 0 radical (unpaired) electrons. The molecule has 0 bridgehead atoms. The highest BCUT2D eigenvalue weighted by Crippen LogP contribution is 2.28. The maximum absolute atomic E-state index is 9.28. The zero-order valence-corrected chi connectivity index (χ0v) is 7.19. The van der Waals surface area contributed by atoms with Gasteiger partial charge in [0, 0.05) is 10.5 Å². The second-order valence-corrected chi connectivity index (χ2v) is 3.19. The lowest BCUT2D eigenvalue weighted by atomic mass is 10.2. The number of benzene rings is 1. The minimum absolute atomic E-state index is 0.344. The Balaban J connectivity index is 3.05. The molecule has 1 aromatic rings. The maximum atomic E-state index is 9.28. The topological polar surface area (TPSA) is 20.2 Å². The first kappa shape index (κ1) is 8.21.